The van der Waals surface area contributed by atoms with Gasteiger partial charge in [0.2, 0.25) is 0 Å². The highest BCUT2D eigenvalue weighted by atomic mass is 16.5. The first kappa shape index (κ1) is 8.54. The van der Waals surface area contributed by atoms with Gasteiger partial charge in [-0.1, -0.05) is 24.3 Å². The van der Waals surface area contributed by atoms with Gasteiger partial charge in [0.05, 0.1) is 12.5 Å². The van der Waals surface area contributed by atoms with Gasteiger partial charge in [-0.25, -0.2) is 0 Å². The number of esters is 1. The Hall–Kier alpha value is -1.05. The molecule has 2 aliphatic rings. The summed E-state index contributed by atoms with van der Waals surface area (Å²) in [6.07, 6.45) is 5.34. The molecular weight excluding hydrogens is 164 g/mol. The predicted molar refractivity (Wildman–Crippen MR) is 50.0 cm³/mol. The quantitative estimate of drug-likeness (QED) is 0.477. The Morgan fingerprint density at radius 2 is 2.46 bits per heavy atom. The van der Waals surface area contributed by atoms with Crippen LogP contribution in [0.3, 0.4) is 0 Å². The van der Waals surface area contributed by atoms with Crippen LogP contribution in [0.5, 0.6) is 0 Å². The molecule has 2 nitrogen and oxygen atoms in total. The lowest BCUT2D eigenvalue weighted by molar-refractivity contribution is -0.147. The third-order valence-corrected chi connectivity index (χ3v) is 2.96. The van der Waals surface area contributed by atoms with Crippen LogP contribution in [0.15, 0.2) is 24.3 Å². The van der Waals surface area contributed by atoms with E-state index in [0.29, 0.717) is 18.4 Å². The molecule has 13 heavy (non-hydrogen) atoms. The van der Waals surface area contributed by atoms with Crippen molar-refractivity contribution in [2.45, 2.75) is 13.3 Å². The Morgan fingerprint density at radius 1 is 1.69 bits per heavy atom. The average molecular weight is 178 g/mol. The SMILES string of the molecule is C=C1C(C(=O)OCC)C2C=C[C@H]1C2. The lowest BCUT2D eigenvalue weighted by Crippen LogP contribution is -2.23. The molecule has 2 aliphatic carbocycles. The minimum atomic E-state index is -0.0932. The summed E-state index contributed by atoms with van der Waals surface area (Å²) in [5.41, 5.74) is 1.05. The Labute approximate surface area is 78.3 Å². The van der Waals surface area contributed by atoms with E-state index in [1.165, 1.54) is 0 Å². The normalized spacial score (nSPS) is 35.5. The predicted octanol–water partition coefficient (Wildman–Crippen LogP) is 1.93. The Balaban J connectivity index is 2.13. The number of carbonyl (C=O) groups is 1. The number of fused-ring (bicyclic) bond motifs is 2. The third-order valence-electron chi connectivity index (χ3n) is 2.96. The van der Waals surface area contributed by atoms with Crippen molar-refractivity contribution >= 4 is 5.97 Å². The molecule has 0 aromatic carbocycles. The fourth-order valence-corrected chi connectivity index (χ4v) is 2.31. The smallest absolute Gasteiger partial charge is 0.313 e. The molecule has 2 heteroatoms. The van der Waals surface area contributed by atoms with Gasteiger partial charge in [0.1, 0.15) is 0 Å². The molecule has 1 fully saturated rings. The number of rotatable bonds is 2. The largest absolute Gasteiger partial charge is 0.466 e. The molecule has 0 saturated heterocycles. The van der Waals surface area contributed by atoms with Gasteiger partial charge in [-0.2, -0.15) is 0 Å². The molecule has 0 N–H and O–H groups in total. The van der Waals surface area contributed by atoms with Gasteiger partial charge in [-0.05, 0) is 25.2 Å². The summed E-state index contributed by atoms with van der Waals surface area (Å²) in [7, 11) is 0. The van der Waals surface area contributed by atoms with Gasteiger partial charge in [-0.3, -0.25) is 4.79 Å². The van der Waals surface area contributed by atoms with Crippen molar-refractivity contribution < 1.29 is 9.53 Å². The fourth-order valence-electron chi connectivity index (χ4n) is 2.31. The van der Waals surface area contributed by atoms with E-state index >= 15 is 0 Å². The standard InChI is InChI=1S/C11H14O2/c1-3-13-11(12)10-7(2)8-4-5-9(10)6-8/h4-5,8-10H,2-3,6H2,1H3/t8-,9?,10?/m0/s1. The van der Waals surface area contributed by atoms with E-state index in [-0.39, 0.29) is 11.9 Å². The van der Waals surface area contributed by atoms with Crippen LogP contribution in [-0.2, 0) is 9.53 Å². The fraction of sp³-hybridized carbons (Fsp3) is 0.545. The van der Waals surface area contributed by atoms with Crippen LogP contribution < -0.4 is 0 Å². The first-order valence-corrected chi connectivity index (χ1v) is 4.77. The second-order valence-corrected chi connectivity index (χ2v) is 3.70. The highest BCUT2D eigenvalue weighted by molar-refractivity contribution is 5.78. The van der Waals surface area contributed by atoms with E-state index < -0.39 is 0 Å². The number of allylic oxidation sites excluding steroid dienone is 2. The number of hydrogen-bond acceptors (Lipinski definition) is 2. The molecule has 3 atom stereocenters. The second kappa shape index (κ2) is 3.02. The Kier molecular flexibility index (Phi) is 1.98. The van der Waals surface area contributed by atoms with E-state index in [2.05, 4.69) is 18.7 Å². The van der Waals surface area contributed by atoms with Gasteiger partial charge in [-0.15, -0.1) is 0 Å². The van der Waals surface area contributed by atoms with Crippen molar-refractivity contribution in [3.05, 3.63) is 24.3 Å². The van der Waals surface area contributed by atoms with E-state index in [1.807, 2.05) is 6.92 Å². The minimum absolute atomic E-state index is 0.0602. The molecule has 0 radical (unpaired) electrons. The molecule has 0 amide bonds. The summed E-state index contributed by atoms with van der Waals surface area (Å²) < 4.78 is 5.02. The minimum Gasteiger partial charge on any atom is -0.466 e. The van der Waals surface area contributed by atoms with Gasteiger partial charge in [0, 0.05) is 0 Å². The molecule has 0 spiro atoms. The molecule has 2 unspecified atom stereocenters. The number of hydrogen-bond donors (Lipinski definition) is 0. The van der Waals surface area contributed by atoms with Gasteiger partial charge in [0.15, 0.2) is 0 Å². The zero-order valence-electron chi connectivity index (χ0n) is 7.82. The summed E-state index contributed by atoms with van der Waals surface area (Å²) >= 11 is 0. The molecule has 0 aliphatic heterocycles. The molecular formula is C11H14O2. The maximum atomic E-state index is 11.5. The number of ether oxygens (including phenoxy) is 1. The molecule has 0 aromatic rings. The highest BCUT2D eigenvalue weighted by Gasteiger charge is 2.43. The molecule has 2 bridgehead atoms. The van der Waals surface area contributed by atoms with Crippen LogP contribution in [0.25, 0.3) is 0 Å². The van der Waals surface area contributed by atoms with Crippen molar-refractivity contribution in [3.63, 3.8) is 0 Å². The van der Waals surface area contributed by atoms with Crippen LogP contribution in [0, 0.1) is 17.8 Å². The average Bonchev–Trinajstić information content (AvgIpc) is 2.63. The molecule has 0 heterocycles. The molecule has 2 rings (SSSR count). The lowest BCUT2D eigenvalue weighted by Gasteiger charge is -2.18. The third kappa shape index (κ3) is 1.21. The van der Waals surface area contributed by atoms with Crippen molar-refractivity contribution in [1.29, 1.82) is 0 Å². The number of carbonyl (C=O) groups excluding carboxylic acids is 1. The summed E-state index contributed by atoms with van der Waals surface area (Å²) in [6, 6.07) is 0. The topological polar surface area (TPSA) is 26.3 Å². The van der Waals surface area contributed by atoms with Crippen LogP contribution in [0.2, 0.25) is 0 Å². The van der Waals surface area contributed by atoms with Crippen LogP contribution >= 0.6 is 0 Å². The molecule has 70 valence electrons. The summed E-state index contributed by atoms with van der Waals surface area (Å²) in [5.74, 6) is 0.634. The maximum absolute atomic E-state index is 11.5. The second-order valence-electron chi connectivity index (χ2n) is 3.70. The van der Waals surface area contributed by atoms with Gasteiger partial charge < -0.3 is 4.74 Å². The van der Waals surface area contributed by atoms with E-state index in [9.17, 15) is 4.79 Å². The van der Waals surface area contributed by atoms with Crippen molar-refractivity contribution in [1.82, 2.24) is 0 Å². The monoisotopic (exact) mass is 178 g/mol. The zero-order valence-corrected chi connectivity index (χ0v) is 7.82. The molecule has 1 saturated carbocycles. The highest BCUT2D eigenvalue weighted by Crippen LogP contribution is 2.47. The summed E-state index contributed by atoms with van der Waals surface area (Å²) in [4.78, 5) is 11.5. The van der Waals surface area contributed by atoms with Crippen molar-refractivity contribution in [2.24, 2.45) is 17.8 Å². The van der Waals surface area contributed by atoms with Crippen molar-refractivity contribution in [3.8, 4) is 0 Å². The Morgan fingerprint density at radius 3 is 3.00 bits per heavy atom. The van der Waals surface area contributed by atoms with Crippen LogP contribution in [0.4, 0.5) is 0 Å². The molecule has 0 aromatic heterocycles. The Bertz CT molecular complexity index is 278. The van der Waals surface area contributed by atoms with E-state index in [4.69, 9.17) is 4.74 Å². The maximum Gasteiger partial charge on any atom is 0.313 e. The van der Waals surface area contributed by atoms with Crippen LogP contribution in [0.1, 0.15) is 13.3 Å². The zero-order chi connectivity index (χ0) is 9.42. The van der Waals surface area contributed by atoms with Crippen LogP contribution in [-0.4, -0.2) is 12.6 Å². The summed E-state index contributed by atoms with van der Waals surface area (Å²) in [6.45, 7) is 6.27. The van der Waals surface area contributed by atoms with Crippen molar-refractivity contribution in [2.75, 3.05) is 6.61 Å². The van der Waals surface area contributed by atoms with Gasteiger partial charge >= 0.3 is 5.97 Å². The first-order chi connectivity index (χ1) is 6.24. The van der Waals surface area contributed by atoms with E-state index in [0.717, 1.165) is 12.0 Å². The first-order valence-electron chi connectivity index (χ1n) is 4.77. The van der Waals surface area contributed by atoms with Gasteiger partial charge in [0.25, 0.3) is 0 Å². The lowest BCUT2D eigenvalue weighted by atomic mass is 9.90. The summed E-state index contributed by atoms with van der Waals surface area (Å²) in [5, 5.41) is 0. The van der Waals surface area contributed by atoms with E-state index in [1.54, 1.807) is 0 Å².